The molecule has 0 amide bonds. The number of imidazole rings is 1. The van der Waals surface area contributed by atoms with Crippen molar-refractivity contribution >= 4 is 11.0 Å². The van der Waals surface area contributed by atoms with Gasteiger partial charge in [0.25, 0.3) is 0 Å². The van der Waals surface area contributed by atoms with Crippen LogP contribution >= 0.6 is 0 Å². The van der Waals surface area contributed by atoms with Crippen molar-refractivity contribution in [3.05, 3.63) is 29.6 Å². The van der Waals surface area contributed by atoms with Gasteiger partial charge < -0.3 is 15.0 Å². The van der Waals surface area contributed by atoms with E-state index in [-0.39, 0.29) is 6.04 Å². The highest BCUT2D eigenvalue weighted by molar-refractivity contribution is 5.76. The summed E-state index contributed by atoms with van der Waals surface area (Å²) in [5, 5.41) is 13.7. The van der Waals surface area contributed by atoms with E-state index < -0.39 is 6.10 Å². The maximum absolute atomic E-state index is 10.4. The summed E-state index contributed by atoms with van der Waals surface area (Å²) in [5.41, 5.74) is 2.94. The molecule has 0 fully saturated rings. The first-order valence-corrected chi connectivity index (χ1v) is 6.77. The third-order valence-electron chi connectivity index (χ3n) is 3.54. The number of fused-ring (bicyclic) bond motifs is 1. The molecule has 0 saturated carbocycles. The number of aliphatic hydroxyl groups is 1. The molecule has 0 aliphatic heterocycles. The molecule has 104 valence electrons. The van der Waals surface area contributed by atoms with Crippen LogP contribution in [-0.4, -0.2) is 26.7 Å². The summed E-state index contributed by atoms with van der Waals surface area (Å²) in [6.07, 6.45) is -0.519. The summed E-state index contributed by atoms with van der Waals surface area (Å²) < 4.78 is 2.06. The fraction of sp³-hybridized carbons (Fsp3) is 0.533. The largest absolute Gasteiger partial charge is 0.387 e. The van der Waals surface area contributed by atoms with Gasteiger partial charge in [-0.25, -0.2) is 4.98 Å². The van der Waals surface area contributed by atoms with E-state index in [1.807, 2.05) is 39.1 Å². The second-order valence-electron chi connectivity index (χ2n) is 5.52. The van der Waals surface area contributed by atoms with E-state index in [0.717, 1.165) is 22.4 Å². The third kappa shape index (κ3) is 2.80. The predicted octanol–water partition coefficient (Wildman–Crippen LogP) is 2.30. The van der Waals surface area contributed by atoms with Gasteiger partial charge in [0.1, 0.15) is 5.82 Å². The molecule has 1 aromatic carbocycles. The number of hydrogen-bond acceptors (Lipinski definition) is 3. The molecule has 0 radical (unpaired) electrons. The zero-order valence-corrected chi connectivity index (χ0v) is 12.3. The van der Waals surface area contributed by atoms with Crippen LogP contribution in [0.15, 0.2) is 18.2 Å². The Kier molecular flexibility index (Phi) is 3.92. The normalized spacial score (nSPS) is 15.1. The smallest absolute Gasteiger partial charge is 0.106 e. The topological polar surface area (TPSA) is 50.1 Å². The predicted molar refractivity (Wildman–Crippen MR) is 78.1 cm³/mol. The van der Waals surface area contributed by atoms with Gasteiger partial charge in [-0.2, -0.15) is 0 Å². The number of aryl methyl sites for hydroxylation is 2. The zero-order chi connectivity index (χ0) is 14.2. The standard InChI is InChI=1S/C15H23N3O/c1-9(2)16-10(3)15(19)12-6-7-14-13(8-12)17-11(4)18(14)5/h6-10,15-16,19H,1-5H3. The quantitative estimate of drug-likeness (QED) is 0.888. The van der Waals surface area contributed by atoms with Crippen molar-refractivity contribution in [1.82, 2.24) is 14.9 Å². The summed E-state index contributed by atoms with van der Waals surface area (Å²) in [5.74, 6) is 0.981. The van der Waals surface area contributed by atoms with E-state index in [1.54, 1.807) is 0 Å². The number of nitrogens with one attached hydrogen (secondary N) is 1. The molecular weight excluding hydrogens is 238 g/mol. The summed E-state index contributed by atoms with van der Waals surface area (Å²) >= 11 is 0. The van der Waals surface area contributed by atoms with Crippen molar-refractivity contribution in [2.24, 2.45) is 7.05 Å². The minimum absolute atomic E-state index is 0.0160. The van der Waals surface area contributed by atoms with Gasteiger partial charge in [-0.15, -0.1) is 0 Å². The van der Waals surface area contributed by atoms with Crippen LogP contribution in [0.3, 0.4) is 0 Å². The Hall–Kier alpha value is -1.39. The van der Waals surface area contributed by atoms with E-state index in [2.05, 4.69) is 28.7 Å². The van der Waals surface area contributed by atoms with Gasteiger partial charge in [-0.1, -0.05) is 19.9 Å². The maximum atomic E-state index is 10.4. The van der Waals surface area contributed by atoms with Crippen LogP contribution < -0.4 is 5.32 Å². The van der Waals surface area contributed by atoms with Crippen molar-refractivity contribution in [2.45, 2.75) is 45.9 Å². The van der Waals surface area contributed by atoms with Crippen LogP contribution in [-0.2, 0) is 7.05 Å². The number of benzene rings is 1. The number of hydrogen-bond donors (Lipinski definition) is 2. The first-order chi connectivity index (χ1) is 8.90. The molecule has 2 aromatic rings. The highest BCUT2D eigenvalue weighted by Gasteiger charge is 2.18. The lowest BCUT2D eigenvalue weighted by Crippen LogP contribution is -2.36. The first-order valence-electron chi connectivity index (χ1n) is 6.77. The highest BCUT2D eigenvalue weighted by atomic mass is 16.3. The van der Waals surface area contributed by atoms with Gasteiger partial charge in [0.05, 0.1) is 17.1 Å². The number of aromatic nitrogens is 2. The van der Waals surface area contributed by atoms with Gasteiger partial charge in [0.15, 0.2) is 0 Å². The van der Waals surface area contributed by atoms with Crippen molar-refractivity contribution in [1.29, 1.82) is 0 Å². The van der Waals surface area contributed by atoms with Crippen LogP contribution in [0.25, 0.3) is 11.0 Å². The molecular formula is C15H23N3O. The molecule has 2 rings (SSSR count). The van der Waals surface area contributed by atoms with E-state index in [4.69, 9.17) is 0 Å². The maximum Gasteiger partial charge on any atom is 0.106 e. The molecule has 1 aromatic heterocycles. The molecule has 2 N–H and O–H groups in total. The fourth-order valence-electron chi connectivity index (χ4n) is 2.43. The van der Waals surface area contributed by atoms with Crippen molar-refractivity contribution in [2.75, 3.05) is 0 Å². The summed E-state index contributed by atoms with van der Waals surface area (Å²) in [7, 11) is 2.00. The lowest BCUT2D eigenvalue weighted by atomic mass is 10.0. The highest BCUT2D eigenvalue weighted by Crippen LogP contribution is 2.22. The van der Waals surface area contributed by atoms with Gasteiger partial charge in [0, 0.05) is 19.1 Å². The van der Waals surface area contributed by atoms with E-state index in [1.165, 1.54) is 0 Å². The number of nitrogens with zero attached hydrogens (tertiary/aromatic N) is 2. The Labute approximate surface area is 114 Å². The van der Waals surface area contributed by atoms with Crippen molar-refractivity contribution in [3.63, 3.8) is 0 Å². The second kappa shape index (κ2) is 5.31. The molecule has 2 unspecified atom stereocenters. The SMILES string of the molecule is Cc1nc2cc(C(O)C(C)NC(C)C)ccc2n1C. The molecule has 0 saturated heterocycles. The van der Waals surface area contributed by atoms with Crippen LogP contribution in [0.4, 0.5) is 0 Å². The molecule has 0 spiro atoms. The third-order valence-corrected chi connectivity index (χ3v) is 3.54. The summed E-state index contributed by atoms with van der Waals surface area (Å²) in [6.45, 7) is 8.14. The molecule has 19 heavy (non-hydrogen) atoms. The van der Waals surface area contributed by atoms with Gasteiger partial charge in [0.2, 0.25) is 0 Å². The lowest BCUT2D eigenvalue weighted by Gasteiger charge is -2.22. The van der Waals surface area contributed by atoms with Crippen LogP contribution in [0.1, 0.15) is 38.3 Å². The lowest BCUT2D eigenvalue weighted by molar-refractivity contribution is 0.132. The molecule has 4 nitrogen and oxygen atoms in total. The van der Waals surface area contributed by atoms with Crippen molar-refractivity contribution in [3.8, 4) is 0 Å². The van der Waals surface area contributed by atoms with Crippen LogP contribution in [0.2, 0.25) is 0 Å². The minimum Gasteiger partial charge on any atom is -0.387 e. The van der Waals surface area contributed by atoms with Crippen LogP contribution in [0, 0.1) is 6.92 Å². The Morgan fingerprint density at radius 2 is 1.95 bits per heavy atom. The summed E-state index contributed by atoms with van der Waals surface area (Å²) in [4.78, 5) is 4.51. The molecule has 0 aliphatic rings. The number of rotatable bonds is 4. The number of aliphatic hydroxyl groups excluding tert-OH is 1. The summed E-state index contributed by atoms with van der Waals surface area (Å²) in [6, 6.07) is 6.35. The van der Waals surface area contributed by atoms with Gasteiger partial charge in [-0.05, 0) is 31.5 Å². The minimum atomic E-state index is -0.519. The Morgan fingerprint density at radius 3 is 2.58 bits per heavy atom. The molecule has 0 bridgehead atoms. The molecule has 1 heterocycles. The average Bonchev–Trinajstić information content (AvgIpc) is 2.63. The van der Waals surface area contributed by atoms with E-state index in [0.29, 0.717) is 6.04 Å². The second-order valence-corrected chi connectivity index (χ2v) is 5.52. The Morgan fingerprint density at radius 1 is 1.26 bits per heavy atom. The van der Waals surface area contributed by atoms with Gasteiger partial charge in [-0.3, -0.25) is 0 Å². The zero-order valence-electron chi connectivity index (χ0n) is 12.3. The molecule has 0 aliphatic carbocycles. The van der Waals surface area contributed by atoms with Gasteiger partial charge >= 0.3 is 0 Å². The van der Waals surface area contributed by atoms with Crippen LogP contribution in [0.5, 0.6) is 0 Å². The van der Waals surface area contributed by atoms with E-state index >= 15 is 0 Å². The fourth-order valence-corrected chi connectivity index (χ4v) is 2.43. The monoisotopic (exact) mass is 261 g/mol. The first kappa shape index (κ1) is 14.0. The molecule has 4 heteroatoms. The average molecular weight is 261 g/mol. The Bertz CT molecular complexity index is 574. The molecule has 2 atom stereocenters. The van der Waals surface area contributed by atoms with Crippen molar-refractivity contribution < 1.29 is 5.11 Å². The van der Waals surface area contributed by atoms with E-state index in [9.17, 15) is 5.11 Å². The Balaban J connectivity index is 2.30.